The normalized spacial score (nSPS) is 15.6. The average Bonchev–Trinajstić information content (AvgIpc) is 3.36. The fourth-order valence-corrected chi connectivity index (χ4v) is 5.27. The minimum atomic E-state index is -0.385. The highest BCUT2D eigenvalue weighted by molar-refractivity contribution is 7.09. The van der Waals surface area contributed by atoms with E-state index >= 15 is 0 Å². The zero-order valence-corrected chi connectivity index (χ0v) is 20.7. The van der Waals surface area contributed by atoms with Gasteiger partial charge in [-0.05, 0) is 80.4 Å². The van der Waals surface area contributed by atoms with Crippen LogP contribution in [-0.2, 0) is 16.0 Å². The summed E-state index contributed by atoms with van der Waals surface area (Å²) in [6.07, 6.45) is 2.38. The number of rotatable bonds is 8. The van der Waals surface area contributed by atoms with Crippen LogP contribution < -0.4 is 10.6 Å². The molecule has 1 aliphatic rings. The Bertz CT molecular complexity index is 1090. The average molecular weight is 476 g/mol. The zero-order valence-electron chi connectivity index (χ0n) is 19.9. The number of carbonyl (C=O) groups is 2. The number of likely N-dealkylation sites (tertiary alicyclic amines) is 1. The second-order valence-electron chi connectivity index (χ2n) is 9.05. The minimum Gasteiger partial charge on any atom is -0.355 e. The van der Waals surface area contributed by atoms with Gasteiger partial charge in [0, 0.05) is 23.0 Å². The lowest BCUT2D eigenvalue weighted by Crippen LogP contribution is -2.45. The summed E-state index contributed by atoms with van der Waals surface area (Å²) in [7, 11) is 0. The molecule has 1 unspecified atom stereocenters. The fourth-order valence-electron chi connectivity index (χ4n) is 4.56. The Kier molecular flexibility index (Phi) is 8.14. The predicted octanol–water partition coefficient (Wildman–Crippen LogP) is 5.12. The molecule has 2 heterocycles. The van der Waals surface area contributed by atoms with Crippen LogP contribution in [-0.4, -0.2) is 36.3 Å². The molecule has 34 heavy (non-hydrogen) atoms. The molecule has 5 nitrogen and oxygen atoms in total. The monoisotopic (exact) mass is 475 g/mol. The van der Waals surface area contributed by atoms with Gasteiger partial charge < -0.3 is 10.6 Å². The molecule has 2 aromatic carbocycles. The first-order chi connectivity index (χ1) is 16.5. The van der Waals surface area contributed by atoms with E-state index in [9.17, 15) is 9.59 Å². The quantitative estimate of drug-likeness (QED) is 0.476. The van der Waals surface area contributed by atoms with Crippen LogP contribution >= 0.6 is 11.3 Å². The molecule has 0 radical (unpaired) electrons. The van der Waals surface area contributed by atoms with Gasteiger partial charge in [-0.3, -0.25) is 14.5 Å². The number of aryl methyl sites for hydroxylation is 2. The molecule has 0 aliphatic carbocycles. The van der Waals surface area contributed by atoms with Crippen molar-refractivity contribution in [2.75, 3.05) is 25.0 Å². The number of hydrogen-bond donors (Lipinski definition) is 2. The van der Waals surface area contributed by atoms with E-state index in [1.54, 1.807) is 11.3 Å². The predicted molar refractivity (Wildman–Crippen MR) is 139 cm³/mol. The Hall–Kier alpha value is -2.96. The third-order valence-corrected chi connectivity index (χ3v) is 7.47. The van der Waals surface area contributed by atoms with Gasteiger partial charge in [0.25, 0.3) is 0 Å². The van der Waals surface area contributed by atoms with E-state index in [0.717, 1.165) is 41.6 Å². The summed E-state index contributed by atoms with van der Waals surface area (Å²) in [5.74, 6) is 0.101. The standard InChI is InChI=1S/C28H33N3O2S/c1-20-10-11-21(2)25(19-20)30-28(33)26(22-7-4-3-5-8-22)31-16-13-23(14-17-31)27(32)29-15-12-24-9-6-18-34-24/h3-11,18-19,23,26H,12-17H2,1-2H3,(H,29,32)(H,30,33). The lowest BCUT2D eigenvalue weighted by Gasteiger charge is -2.36. The Balaban J connectivity index is 1.39. The van der Waals surface area contributed by atoms with E-state index in [-0.39, 0.29) is 23.8 Å². The first-order valence-electron chi connectivity index (χ1n) is 12.0. The van der Waals surface area contributed by atoms with Gasteiger partial charge in [-0.1, -0.05) is 48.5 Å². The van der Waals surface area contributed by atoms with Gasteiger partial charge in [0.2, 0.25) is 11.8 Å². The number of benzene rings is 2. The molecule has 1 aromatic heterocycles. The molecule has 1 saturated heterocycles. The van der Waals surface area contributed by atoms with Gasteiger partial charge in [0.15, 0.2) is 0 Å². The highest BCUT2D eigenvalue weighted by atomic mass is 32.1. The molecule has 178 valence electrons. The molecule has 2 amide bonds. The van der Waals surface area contributed by atoms with E-state index in [4.69, 9.17) is 0 Å². The van der Waals surface area contributed by atoms with Crippen LogP contribution in [0.25, 0.3) is 0 Å². The summed E-state index contributed by atoms with van der Waals surface area (Å²) >= 11 is 1.72. The van der Waals surface area contributed by atoms with E-state index in [0.29, 0.717) is 19.6 Å². The van der Waals surface area contributed by atoms with Gasteiger partial charge in [0.05, 0.1) is 0 Å². The van der Waals surface area contributed by atoms with Gasteiger partial charge >= 0.3 is 0 Å². The highest BCUT2D eigenvalue weighted by Crippen LogP contribution is 2.29. The summed E-state index contributed by atoms with van der Waals surface area (Å²) in [5.41, 5.74) is 3.99. The van der Waals surface area contributed by atoms with Crippen molar-refractivity contribution in [2.24, 2.45) is 5.92 Å². The molecular formula is C28H33N3O2S. The number of anilines is 1. The minimum absolute atomic E-state index is 0.00177. The fraction of sp³-hybridized carbons (Fsp3) is 0.357. The van der Waals surface area contributed by atoms with Crippen LogP contribution in [0.15, 0.2) is 66.0 Å². The summed E-state index contributed by atoms with van der Waals surface area (Å²) in [6, 6.07) is 19.8. The van der Waals surface area contributed by atoms with Gasteiger partial charge in [0.1, 0.15) is 6.04 Å². The molecule has 1 aliphatic heterocycles. The molecule has 6 heteroatoms. The summed E-state index contributed by atoms with van der Waals surface area (Å²) in [4.78, 5) is 29.7. The van der Waals surface area contributed by atoms with E-state index < -0.39 is 0 Å². The molecule has 3 aromatic rings. The van der Waals surface area contributed by atoms with Crippen molar-refractivity contribution < 1.29 is 9.59 Å². The Labute approximate surface area is 206 Å². The number of piperidine rings is 1. The van der Waals surface area contributed by atoms with Crippen LogP contribution in [0.3, 0.4) is 0 Å². The lowest BCUT2D eigenvalue weighted by molar-refractivity contribution is -0.127. The van der Waals surface area contributed by atoms with Crippen LogP contribution in [0.4, 0.5) is 5.69 Å². The second-order valence-corrected chi connectivity index (χ2v) is 10.1. The van der Waals surface area contributed by atoms with Crippen molar-refractivity contribution in [3.05, 3.63) is 87.6 Å². The van der Waals surface area contributed by atoms with Crippen molar-refractivity contribution in [1.82, 2.24) is 10.2 Å². The third kappa shape index (κ3) is 6.13. The maximum Gasteiger partial charge on any atom is 0.246 e. The Morgan fingerprint density at radius 2 is 1.79 bits per heavy atom. The van der Waals surface area contributed by atoms with Crippen molar-refractivity contribution in [3.63, 3.8) is 0 Å². The number of hydrogen-bond acceptors (Lipinski definition) is 4. The summed E-state index contributed by atoms with van der Waals surface area (Å²) in [6.45, 7) is 6.13. The molecule has 4 rings (SSSR count). The van der Waals surface area contributed by atoms with Crippen LogP contribution in [0.1, 0.15) is 40.5 Å². The number of amides is 2. The number of carbonyl (C=O) groups excluding carboxylic acids is 2. The van der Waals surface area contributed by atoms with Crippen molar-refractivity contribution in [2.45, 2.75) is 39.2 Å². The smallest absolute Gasteiger partial charge is 0.246 e. The molecular weight excluding hydrogens is 442 g/mol. The van der Waals surface area contributed by atoms with Crippen molar-refractivity contribution in [3.8, 4) is 0 Å². The highest BCUT2D eigenvalue weighted by Gasteiger charge is 2.33. The Morgan fingerprint density at radius 1 is 1.03 bits per heavy atom. The molecule has 1 fully saturated rings. The topological polar surface area (TPSA) is 61.4 Å². The molecule has 1 atom stereocenters. The van der Waals surface area contributed by atoms with Crippen molar-refractivity contribution in [1.29, 1.82) is 0 Å². The van der Waals surface area contributed by atoms with Crippen LogP contribution in [0, 0.1) is 19.8 Å². The second kappa shape index (κ2) is 11.4. The molecule has 0 spiro atoms. The maximum absolute atomic E-state index is 13.5. The molecule has 2 N–H and O–H groups in total. The van der Waals surface area contributed by atoms with E-state index in [1.807, 2.05) is 62.4 Å². The number of nitrogens with zero attached hydrogens (tertiary/aromatic N) is 1. The Morgan fingerprint density at radius 3 is 2.50 bits per heavy atom. The van der Waals surface area contributed by atoms with E-state index in [2.05, 4.69) is 33.0 Å². The third-order valence-electron chi connectivity index (χ3n) is 6.53. The van der Waals surface area contributed by atoms with Crippen LogP contribution in [0.5, 0.6) is 0 Å². The van der Waals surface area contributed by atoms with Gasteiger partial charge in [-0.15, -0.1) is 11.3 Å². The summed E-state index contributed by atoms with van der Waals surface area (Å²) < 4.78 is 0. The number of thiophene rings is 1. The lowest BCUT2D eigenvalue weighted by atomic mass is 9.93. The first-order valence-corrected chi connectivity index (χ1v) is 12.9. The van der Waals surface area contributed by atoms with E-state index in [1.165, 1.54) is 4.88 Å². The number of nitrogens with one attached hydrogen (secondary N) is 2. The van der Waals surface area contributed by atoms with Crippen LogP contribution in [0.2, 0.25) is 0 Å². The largest absolute Gasteiger partial charge is 0.355 e. The van der Waals surface area contributed by atoms with Gasteiger partial charge in [-0.2, -0.15) is 0 Å². The maximum atomic E-state index is 13.5. The van der Waals surface area contributed by atoms with Crippen molar-refractivity contribution >= 4 is 28.8 Å². The molecule has 0 saturated carbocycles. The zero-order chi connectivity index (χ0) is 23.9. The molecule has 0 bridgehead atoms. The summed E-state index contributed by atoms with van der Waals surface area (Å²) in [5, 5.41) is 8.33. The first kappa shape index (κ1) is 24.2. The SMILES string of the molecule is Cc1ccc(C)c(NC(=O)C(c2ccccc2)N2CCC(C(=O)NCCc3cccs3)CC2)c1. The van der Waals surface area contributed by atoms with Gasteiger partial charge in [-0.25, -0.2) is 0 Å².